The molecule has 0 bridgehead atoms. The Hall–Kier alpha value is -0.790. The molecule has 0 N–H and O–H groups in total. The van der Waals surface area contributed by atoms with E-state index < -0.39 is 0 Å². The van der Waals surface area contributed by atoms with Gasteiger partial charge in [-0.3, -0.25) is 0 Å². The summed E-state index contributed by atoms with van der Waals surface area (Å²) < 4.78 is 5.47. The summed E-state index contributed by atoms with van der Waals surface area (Å²) in [5.41, 5.74) is 0.512. The van der Waals surface area contributed by atoms with E-state index in [1.54, 1.807) is 6.92 Å². The highest BCUT2D eigenvalue weighted by molar-refractivity contribution is 5.86. The van der Waals surface area contributed by atoms with Crippen molar-refractivity contribution in [1.29, 1.82) is 0 Å². The van der Waals surface area contributed by atoms with Crippen LogP contribution in [-0.4, -0.2) is 12.6 Å². The third kappa shape index (κ3) is 18.6. The van der Waals surface area contributed by atoms with Gasteiger partial charge in [0.1, 0.15) is 0 Å². The molecule has 1 unspecified atom stereocenters. The molecule has 0 saturated carbocycles. The summed E-state index contributed by atoms with van der Waals surface area (Å²) in [5, 5.41) is 0. The van der Waals surface area contributed by atoms with Gasteiger partial charge in [-0.15, -0.1) is 0 Å². The highest BCUT2D eigenvalue weighted by atomic mass is 16.5. The Morgan fingerprint density at radius 1 is 0.679 bits per heavy atom. The summed E-state index contributed by atoms with van der Waals surface area (Å²) in [7, 11) is 0. The second kappa shape index (κ2) is 20.9. The van der Waals surface area contributed by atoms with Crippen molar-refractivity contribution in [3.8, 4) is 0 Å². The van der Waals surface area contributed by atoms with Crippen LogP contribution in [0.15, 0.2) is 12.2 Å². The molecule has 0 amide bonds. The lowest BCUT2D eigenvalue weighted by Crippen LogP contribution is -2.15. The van der Waals surface area contributed by atoms with E-state index in [1.807, 2.05) is 0 Å². The molecule has 0 heterocycles. The highest BCUT2D eigenvalue weighted by Crippen LogP contribution is 2.20. The Morgan fingerprint density at radius 3 is 1.39 bits per heavy atom. The lowest BCUT2D eigenvalue weighted by molar-refractivity contribution is -0.140. The molecule has 0 aliphatic rings. The standard InChI is InChI=1S/C26H50O2/c1-5-7-9-11-13-14-16-18-20-22-25(23-28-26(27)24(3)4)21-19-17-15-12-10-8-6-2/h25H,3,5-23H2,1-2,4H3. The van der Waals surface area contributed by atoms with Crippen LogP contribution in [-0.2, 0) is 9.53 Å². The predicted octanol–water partition coefficient (Wildman–Crippen LogP) is 8.78. The zero-order valence-corrected chi connectivity index (χ0v) is 19.5. The maximum atomic E-state index is 11.7. The van der Waals surface area contributed by atoms with Crippen LogP contribution in [0.1, 0.15) is 136 Å². The van der Waals surface area contributed by atoms with Crippen molar-refractivity contribution in [3.63, 3.8) is 0 Å². The lowest BCUT2D eigenvalue weighted by atomic mass is 9.94. The van der Waals surface area contributed by atoms with E-state index in [0.717, 1.165) is 0 Å². The molecule has 0 rings (SSSR count). The number of hydrogen-bond donors (Lipinski definition) is 0. The summed E-state index contributed by atoms with van der Waals surface area (Å²) in [6, 6.07) is 0. The zero-order chi connectivity index (χ0) is 20.9. The molecule has 0 aromatic rings. The molecule has 0 aliphatic carbocycles. The molecule has 0 saturated heterocycles. The van der Waals surface area contributed by atoms with Gasteiger partial charge in [-0.1, -0.05) is 123 Å². The van der Waals surface area contributed by atoms with E-state index in [1.165, 1.54) is 116 Å². The summed E-state index contributed by atoms with van der Waals surface area (Å²) >= 11 is 0. The van der Waals surface area contributed by atoms with Crippen molar-refractivity contribution >= 4 is 5.97 Å². The SMILES string of the molecule is C=C(C)C(=O)OCC(CCCCCCCCC)CCCCCCCCCCC. The maximum absolute atomic E-state index is 11.7. The molecule has 0 radical (unpaired) electrons. The van der Waals surface area contributed by atoms with Crippen LogP contribution in [0.25, 0.3) is 0 Å². The van der Waals surface area contributed by atoms with Gasteiger partial charge in [-0.2, -0.15) is 0 Å². The maximum Gasteiger partial charge on any atom is 0.333 e. The molecule has 1 atom stereocenters. The van der Waals surface area contributed by atoms with Gasteiger partial charge in [0.05, 0.1) is 6.61 Å². The second-order valence-electron chi connectivity index (χ2n) is 8.77. The number of ether oxygens (including phenoxy) is 1. The van der Waals surface area contributed by atoms with E-state index >= 15 is 0 Å². The minimum atomic E-state index is -0.225. The monoisotopic (exact) mass is 394 g/mol. The second-order valence-corrected chi connectivity index (χ2v) is 8.77. The average Bonchev–Trinajstić information content (AvgIpc) is 2.68. The average molecular weight is 395 g/mol. The molecule has 166 valence electrons. The molecule has 28 heavy (non-hydrogen) atoms. The Balaban J connectivity index is 3.90. The Kier molecular flexibility index (Phi) is 20.3. The summed E-state index contributed by atoms with van der Waals surface area (Å²) in [6.45, 7) is 10.5. The number of hydrogen-bond acceptors (Lipinski definition) is 2. The summed E-state index contributed by atoms with van der Waals surface area (Å²) in [5.74, 6) is 0.306. The molecule has 0 aromatic heterocycles. The van der Waals surface area contributed by atoms with Crippen molar-refractivity contribution < 1.29 is 9.53 Å². The van der Waals surface area contributed by atoms with E-state index in [2.05, 4.69) is 20.4 Å². The van der Waals surface area contributed by atoms with E-state index in [0.29, 0.717) is 18.1 Å². The minimum Gasteiger partial charge on any atom is -0.462 e. The predicted molar refractivity (Wildman–Crippen MR) is 124 cm³/mol. The zero-order valence-electron chi connectivity index (χ0n) is 19.5. The van der Waals surface area contributed by atoms with Gasteiger partial charge in [0.25, 0.3) is 0 Å². The molecule has 0 aliphatic heterocycles. The fraction of sp³-hybridized carbons (Fsp3) is 0.885. The van der Waals surface area contributed by atoms with Crippen LogP contribution >= 0.6 is 0 Å². The first-order valence-corrected chi connectivity index (χ1v) is 12.4. The van der Waals surface area contributed by atoms with Crippen molar-refractivity contribution in [2.75, 3.05) is 6.61 Å². The number of carbonyl (C=O) groups is 1. The number of rotatable bonds is 21. The molecule has 0 spiro atoms. The van der Waals surface area contributed by atoms with Gasteiger partial charge in [0, 0.05) is 5.57 Å². The Bertz CT molecular complexity index is 361. The fourth-order valence-electron chi connectivity index (χ4n) is 3.76. The van der Waals surface area contributed by atoms with Gasteiger partial charge in [-0.05, 0) is 25.7 Å². The molecule has 2 heteroatoms. The first-order valence-electron chi connectivity index (χ1n) is 12.4. The van der Waals surface area contributed by atoms with Gasteiger partial charge in [0.15, 0.2) is 0 Å². The topological polar surface area (TPSA) is 26.3 Å². The van der Waals surface area contributed by atoms with Crippen LogP contribution < -0.4 is 0 Å². The van der Waals surface area contributed by atoms with Crippen molar-refractivity contribution in [2.45, 2.75) is 136 Å². The molecule has 0 fully saturated rings. The number of esters is 1. The normalized spacial score (nSPS) is 12.1. The molecule has 0 aromatic carbocycles. The van der Waals surface area contributed by atoms with Gasteiger partial charge < -0.3 is 4.74 Å². The first-order chi connectivity index (χ1) is 13.6. The number of carbonyl (C=O) groups excluding carboxylic acids is 1. The Labute approximate surface area is 176 Å². The first kappa shape index (κ1) is 27.2. The summed E-state index contributed by atoms with van der Waals surface area (Å²) in [6.07, 6.45) is 24.1. The fourth-order valence-corrected chi connectivity index (χ4v) is 3.76. The van der Waals surface area contributed by atoms with E-state index in [-0.39, 0.29) is 5.97 Å². The van der Waals surface area contributed by atoms with Crippen molar-refractivity contribution in [2.24, 2.45) is 5.92 Å². The smallest absolute Gasteiger partial charge is 0.333 e. The van der Waals surface area contributed by atoms with Crippen LogP contribution in [0.4, 0.5) is 0 Å². The third-order valence-electron chi connectivity index (χ3n) is 5.73. The van der Waals surface area contributed by atoms with Gasteiger partial charge in [-0.25, -0.2) is 4.79 Å². The van der Waals surface area contributed by atoms with Gasteiger partial charge in [0.2, 0.25) is 0 Å². The minimum absolute atomic E-state index is 0.225. The van der Waals surface area contributed by atoms with Crippen molar-refractivity contribution in [3.05, 3.63) is 12.2 Å². The number of unbranched alkanes of at least 4 members (excludes halogenated alkanes) is 14. The quantitative estimate of drug-likeness (QED) is 0.110. The molecular weight excluding hydrogens is 344 g/mol. The van der Waals surface area contributed by atoms with Crippen molar-refractivity contribution in [1.82, 2.24) is 0 Å². The van der Waals surface area contributed by atoms with Crippen LogP contribution in [0.2, 0.25) is 0 Å². The highest BCUT2D eigenvalue weighted by Gasteiger charge is 2.12. The molecule has 2 nitrogen and oxygen atoms in total. The van der Waals surface area contributed by atoms with Crippen LogP contribution in [0.5, 0.6) is 0 Å². The van der Waals surface area contributed by atoms with E-state index in [9.17, 15) is 4.79 Å². The van der Waals surface area contributed by atoms with Crippen LogP contribution in [0, 0.1) is 5.92 Å². The van der Waals surface area contributed by atoms with Gasteiger partial charge >= 0.3 is 5.97 Å². The van der Waals surface area contributed by atoms with Crippen LogP contribution in [0.3, 0.4) is 0 Å². The molecular formula is C26H50O2. The van der Waals surface area contributed by atoms with E-state index in [4.69, 9.17) is 4.74 Å². The Morgan fingerprint density at radius 2 is 1.04 bits per heavy atom. The third-order valence-corrected chi connectivity index (χ3v) is 5.73. The largest absolute Gasteiger partial charge is 0.462 e. The lowest BCUT2D eigenvalue weighted by Gasteiger charge is -2.17. The summed E-state index contributed by atoms with van der Waals surface area (Å²) in [4.78, 5) is 11.7.